The normalized spacial score (nSPS) is 11.4. The van der Waals surface area contributed by atoms with E-state index in [-0.39, 0.29) is 12.3 Å². The van der Waals surface area contributed by atoms with Gasteiger partial charge >= 0.3 is 5.97 Å². The van der Waals surface area contributed by atoms with E-state index in [1.54, 1.807) is 5.48 Å². The van der Waals surface area contributed by atoms with Crippen molar-refractivity contribution >= 4 is 17.8 Å². The molecule has 0 aliphatic heterocycles. The highest BCUT2D eigenvalue weighted by atomic mass is 16.5. The zero-order chi connectivity index (χ0) is 18.5. The molecule has 0 radical (unpaired) electrons. The maximum atomic E-state index is 12.0. The van der Waals surface area contributed by atoms with Gasteiger partial charge in [0.1, 0.15) is 6.04 Å². The van der Waals surface area contributed by atoms with Crippen molar-refractivity contribution in [1.29, 1.82) is 0 Å². The summed E-state index contributed by atoms with van der Waals surface area (Å²) in [6.45, 7) is 0. The first-order valence-corrected chi connectivity index (χ1v) is 8.41. The molecular weight excluding hydrogens is 324 g/mol. The number of amides is 2. The largest absolute Gasteiger partial charge is 0.467 e. The van der Waals surface area contributed by atoms with E-state index in [1.807, 2.05) is 30.3 Å². The fourth-order valence-corrected chi connectivity index (χ4v) is 2.43. The molecule has 0 saturated carbocycles. The molecule has 7 heteroatoms. The van der Waals surface area contributed by atoms with Gasteiger partial charge in [0, 0.05) is 19.3 Å². The van der Waals surface area contributed by atoms with Gasteiger partial charge in [0.2, 0.25) is 11.8 Å². The van der Waals surface area contributed by atoms with E-state index in [2.05, 4.69) is 5.32 Å². The molecular formula is C18H26N2O5. The van der Waals surface area contributed by atoms with E-state index < -0.39 is 17.9 Å². The van der Waals surface area contributed by atoms with Crippen LogP contribution in [0.3, 0.4) is 0 Å². The molecule has 1 atom stereocenters. The Morgan fingerprint density at radius 2 is 1.60 bits per heavy atom. The molecule has 2 amide bonds. The summed E-state index contributed by atoms with van der Waals surface area (Å²) in [5, 5.41) is 11.1. The van der Waals surface area contributed by atoms with Crippen molar-refractivity contribution in [2.45, 2.75) is 51.0 Å². The molecule has 138 valence electrons. The lowest BCUT2D eigenvalue weighted by Crippen LogP contribution is -2.43. The molecule has 0 bridgehead atoms. The van der Waals surface area contributed by atoms with Crippen LogP contribution < -0.4 is 10.8 Å². The number of nitrogens with one attached hydrogen (secondary N) is 2. The number of hydrogen-bond donors (Lipinski definition) is 3. The monoisotopic (exact) mass is 350 g/mol. The molecule has 0 heterocycles. The van der Waals surface area contributed by atoms with Crippen molar-refractivity contribution in [2.24, 2.45) is 0 Å². The highest BCUT2D eigenvalue weighted by Crippen LogP contribution is 2.08. The van der Waals surface area contributed by atoms with Crippen LogP contribution in [0, 0.1) is 0 Å². The Morgan fingerprint density at radius 1 is 1.00 bits per heavy atom. The Labute approximate surface area is 147 Å². The quantitative estimate of drug-likeness (QED) is 0.244. The van der Waals surface area contributed by atoms with Crippen molar-refractivity contribution < 1.29 is 24.3 Å². The fraction of sp³-hybridized carbons (Fsp3) is 0.500. The number of esters is 1. The van der Waals surface area contributed by atoms with Crippen LogP contribution in [0.1, 0.15) is 44.1 Å². The first-order chi connectivity index (χ1) is 12.1. The number of methoxy groups -OCH3 is 1. The number of benzene rings is 1. The zero-order valence-electron chi connectivity index (χ0n) is 14.5. The third-order valence-corrected chi connectivity index (χ3v) is 3.79. The summed E-state index contributed by atoms with van der Waals surface area (Å²) >= 11 is 0. The SMILES string of the molecule is COC(=O)[C@@H](Cc1ccccc1)NC(=O)CCCCCCC(=O)NO. The number of unbranched alkanes of at least 4 members (excludes halogenated alkanes) is 3. The average molecular weight is 350 g/mol. The maximum Gasteiger partial charge on any atom is 0.328 e. The number of rotatable bonds is 11. The minimum atomic E-state index is -0.701. The maximum absolute atomic E-state index is 12.0. The topological polar surface area (TPSA) is 105 Å². The zero-order valence-corrected chi connectivity index (χ0v) is 14.5. The Hall–Kier alpha value is -2.41. The molecule has 0 aliphatic rings. The van der Waals surface area contributed by atoms with E-state index in [0.717, 1.165) is 18.4 Å². The molecule has 0 fully saturated rings. The molecule has 7 nitrogen and oxygen atoms in total. The van der Waals surface area contributed by atoms with Crippen LogP contribution >= 0.6 is 0 Å². The standard InChI is InChI=1S/C18H26N2O5/c1-25-18(23)15(13-14-9-5-4-6-10-14)19-16(21)11-7-2-3-8-12-17(22)20-24/h4-6,9-10,15,24H,2-3,7-8,11-13H2,1H3,(H,19,21)(H,20,22)/t15-/m1/s1. The van der Waals surface area contributed by atoms with E-state index in [4.69, 9.17) is 9.94 Å². The minimum absolute atomic E-state index is 0.195. The summed E-state index contributed by atoms with van der Waals surface area (Å²) in [6, 6.07) is 8.73. The van der Waals surface area contributed by atoms with E-state index in [9.17, 15) is 14.4 Å². The summed E-state index contributed by atoms with van der Waals surface area (Å²) in [4.78, 5) is 34.7. The van der Waals surface area contributed by atoms with E-state index >= 15 is 0 Å². The molecule has 25 heavy (non-hydrogen) atoms. The second kappa shape index (κ2) is 12.0. The smallest absolute Gasteiger partial charge is 0.328 e. The van der Waals surface area contributed by atoms with Gasteiger partial charge in [-0.1, -0.05) is 43.2 Å². The molecule has 1 aromatic rings. The predicted octanol–water partition coefficient (Wildman–Crippen LogP) is 1.73. The lowest BCUT2D eigenvalue weighted by Gasteiger charge is -2.16. The van der Waals surface area contributed by atoms with Crippen LogP contribution in [0.5, 0.6) is 0 Å². The van der Waals surface area contributed by atoms with Gasteiger partial charge in [0.05, 0.1) is 7.11 Å². The lowest BCUT2D eigenvalue weighted by molar-refractivity contribution is -0.145. The van der Waals surface area contributed by atoms with Gasteiger partial charge in [-0.05, 0) is 18.4 Å². The predicted molar refractivity (Wildman–Crippen MR) is 91.7 cm³/mol. The fourth-order valence-electron chi connectivity index (χ4n) is 2.43. The van der Waals surface area contributed by atoms with Crippen molar-refractivity contribution in [3.63, 3.8) is 0 Å². The molecule has 0 unspecified atom stereocenters. The summed E-state index contributed by atoms with van der Waals surface area (Å²) in [6.07, 6.45) is 3.89. The van der Waals surface area contributed by atoms with E-state index in [1.165, 1.54) is 7.11 Å². The van der Waals surface area contributed by atoms with Crippen LogP contribution in [-0.2, 0) is 25.5 Å². The molecule has 1 rings (SSSR count). The Morgan fingerprint density at radius 3 is 2.16 bits per heavy atom. The third kappa shape index (κ3) is 8.85. The second-order valence-electron chi connectivity index (χ2n) is 5.78. The Bertz CT molecular complexity index is 548. The highest BCUT2D eigenvalue weighted by Gasteiger charge is 2.21. The number of carbonyl (C=O) groups is 3. The average Bonchev–Trinajstić information content (AvgIpc) is 2.63. The summed E-state index contributed by atoms with van der Waals surface area (Å²) in [7, 11) is 1.30. The van der Waals surface area contributed by atoms with Crippen LogP contribution in [-0.4, -0.2) is 36.1 Å². The molecule has 0 saturated heterocycles. The van der Waals surface area contributed by atoms with Gasteiger partial charge in [0.25, 0.3) is 0 Å². The van der Waals surface area contributed by atoms with Gasteiger partial charge in [-0.15, -0.1) is 0 Å². The van der Waals surface area contributed by atoms with Crippen molar-refractivity contribution in [3.8, 4) is 0 Å². The van der Waals surface area contributed by atoms with Crippen LogP contribution in [0.25, 0.3) is 0 Å². The summed E-state index contributed by atoms with van der Waals surface area (Å²) < 4.78 is 4.76. The van der Waals surface area contributed by atoms with E-state index in [0.29, 0.717) is 25.7 Å². The van der Waals surface area contributed by atoms with Crippen LogP contribution in [0.15, 0.2) is 30.3 Å². The number of hydroxylamine groups is 1. The van der Waals surface area contributed by atoms with Crippen molar-refractivity contribution in [1.82, 2.24) is 10.8 Å². The Kier molecular flexibility index (Phi) is 9.92. The van der Waals surface area contributed by atoms with Crippen LogP contribution in [0.4, 0.5) is 0 Å². The third-order valence-electron chi connectivity index (χ3n) is 3.79. The lowest BCUT2D eigenvalue weighted by atomic mass is 10.1. The first-order valence-electron chi connectivity index (χ1n) is 8.41. The van der Waals surface area contributed by atoms with Crippen molar-refractivity contribution in [2.75, 3.05) is 7.11 Å². The molecule has 0 spiro atoms. The summed E-state index contributed by atoms with van der Waals surface area (Å²) in [5.41, 5.74) is 2.53. The van der Waals surface area contributed by atoms with Gasteiger partial charge in [-0.25, -0.2) is 10.3 Å². The highest BCUT2D eigenvalue weighted by molar-refractivity contribution is 5.84. The molecule has 0 aliphatic carbocycles. The number of hydrogen-bond acceptors (Lipinski definition) is 5. The first kappa shape index (κ1) is 20.6. The van der Waals surface area contributed by atoms with Gasteiger partial charge in [-0.3, -0.25) is 14.8 Å². The molecule has 1 aromatic carbocycles. The summed E-state index contributed by atoms with van der Waals surface area (Å²) in [5.74, 6) is -1.06. The minimum Gasteiger partial charge on any atom is -0.467 e. The number of carbonyl (C=O) groups excluding carboxylic acids is 3. The van der Waals surface area contributed by atoms with Gasteiger partial charge in [-0.2, -0.15) is 0 Å². The second-order valence-corrected chi connectivity index (χ2v) is 5.78. The van der Waals surface area contributed by atoms with Gasteiger partial charge < -0.3 is 10.1 Å². The van der Waals surface area contributed by atoms with Crippen molar-refractivity contribution in [3.05, 3.63) is 35.9 Å². The Balaban J connectivity index is 2.32. The molecule has 3 N–H and O–H groups in total. The number of ether oxygens (including phenoxy) is 1. The van der Waals surface area contributed by atoms with Crippen LogP contribution in [0.2, 0.25) is 0 Å². The molecule has 0 aromatic heterocycles. The van der Waals surface area contributed by atoms with Gasteiger partial charge in [0.15, 0.2) is 0 Å².